The first-order chi connectivity index (χ1) is 8.22. The third-order valence-corrected chi connectivity index (χ3v) is 4.05. The Labute approximate surface area is 104 Å². The zero-order valence-corrected chi connectivity index (χ0v) is 10.8. The normalized spacial score (nSPS) is 27.1. The number of carbonyl (C=O) groups excluding carboxylic acids is 1. The predicted octanol–water partition coefficient (Wildman–Crippen LogP) is 0.714. The van der Waals surface area contributed by atoms with Gasteiger partial charge in [-0.2, -0.15) is 0 Å². The van der Waals surface area contributed by atoms with Crippen LogP contribution in [0.3, 0.4) is 0 Å². The Morgan fingerprint density at radius 3 is 2.76 bits per heavy atom. The second-order valence-electron chi connectivity index (χ2n) is 5.49. The van der Waals surface area contributed by atoms with E-state index < -0.39 is 0 Å². The number of hydrogen-bond donors (Lipinski definition) is 2. The van der Waals surface area contributed by atoms with Crippen LogP contribution in [0.25, 0.3) is 0 Å². The summed E-state index contributed by atoms with van der Waals surface area (Å²) < 4.78 is 0. The molecule has 2 unspecified atom stereocenters. The molecule has 1 aliphatic carbocycles. The third kappa shape index (κ3) is 3.68. The van der Waals surface area contributed by atoms with Gasteiger partial charge in [0.25, 0.3) is 0 Å². The molecule has 4 heteroatoms. The number of nitrogens with two attached hydrogens (primary N) is 1. The summed E-state index contributed by atoms with van der Waals surface area (Å²) in [4.78, 5) is 14.2. The van der Waals surface area contributed by atoms with Crippen LogP contribution in [0.1, 0.15) is 39.0 Å². The highest BCUT2D eigenvalue weighted by atomic mass is 16.1. The fourth-order valence-corrected chi connectivity index (χ4v) is 2.62. The van der Waals surface area contributed by atoms with Gasteiger partial charge >= 0.3 is 0 Å². The molecule has 0 aromatic rings. The van der Waals surface area contributed by atoms with E-state index in [9.17, 15) is 4.79 Å². The molecule has 2 rings (SSSR count). The monoisotopic (exact) mass is 239 g/mol. The first kappa shape index (κ1) is 12.8. The number of carbonyl (C=O) groups is 1. The lowest BCUT2D eigenvalue weighted by atomic mass is 10.1. The first-order valence-electron chi connectivity index (χ1n) is 6.96. The van der Waals surface area contributed by atoms with Crippen LogP contribution < -0.4 is 11.1 Å². The Bertz CT molecular complexity index is 265. The van der Waals surface area contributed by atoms with Crippen molar-refractivity contribution in [3.8, 4) is 0 Å². The summed E-state index contributed by atoms with van der Waals surface area (Å²) in [5.74, 6) is 0.985. The van der Waals surface area contributed by atoms with Crippen molar-refractivity contribution >= 4 is 5.91 Å². The number of rotatable bonds is 6. The van der Waals surface area contributed by atoms with Gasteiger partial charge in [-0.15, -0.1) is 0 Å². The molecule has 4 nitrogen and oxygen atoms in total. The van der Waals surface area contributed by atoms with E-state index in [1.165, 1.54) is 12.8 Å². The van der Waals surface area contributed by atoms with E-state index in [4.69, 9.17) is 5.73 Å². The van der Waals surface area contributed by atoms with Gasteiger partial charge in [0.15, 0.2) is 0 Å². The van der Waals surface area contributed by atoms with Crippen LogP contribution in [0.2, 0.25) is 0 Å². The van der Waals surface area contributed by atoms with Crippen LogP contribution in [0.15, 0.2) is 0 Å². The van der Waals surface area contributed by atoms with Crippen LogP contribution >= 0.6 is 0 Å². The quantitative estimate of drug-likeness (QED) is 0.718. The molecule has 0 aromatic carbocycles. The Kier molecular flexibility index (Phi) is 4.40. The molecule has 1 heterocycles. The van der Waals surface area contributed by atoms with Crippen molar-refractivity contribution in [2.45, 2.75) is 51.1 Å². The molecule has 98 valence electrons. The van der Waals surface area contributed by atoms with Gasteiger partial charge in [0.2, 0.25) is 5.91 Å². The molecule has 0 spiro atoms. The maximum Gasteiger partial charge on any atom is 0.221 e. The van der Waals surface area contributed by atoms with Crippen LogP contribution in [-0.2, 0) is 4.79 Å². The highest BCUT2D eigenvalue weighted by Crippen LogP contribution is 2.23. The molecule has 1 amide bonds. The van der Waals surface area contributed by atoms with Crippen LogP contribution in [0, 0.1) is 5.92 Å². The summed E-state index contributed by atoms with van der Waals surface area (Å²) in [6.07, 6.45) is 5.38. The van der Waals surface area contributed by atoms with Crippen molar-refractivity contribution in [1.29, 1.82) is 0 Å². The minimum absolute atomic E-state index is 0.183. The lowest BCUT2D eigenvalue weighted by Gasteiger charge is -2.26. The van der Waals surface area contributed by atoms with Crippen molar-refractivity contribution in [2.75, 3.05) is 19.6 Å². The summed E-state index contributed by atoms with van der Waals surface area (Å²) in [6.45, 7) is 5.06. The first-order valence-corrected chi connectivity index (χ1v) is 6.96. The fraction of sp³-hybridized carbons (Fsp3) is 0.923. The van der Waals surface area contributed by atoms with E-state index in [-0.39, 0.29) is 11.9 Å². The number of nitrogens with one attached hydrogen (secondary N) is 1. The molecule has 1 aliphatic heterocycles. The van der Waals surface area contributed by atoms with E-state index in [0.29, 0.717) is 19.0 Å². The highest BCUT2D eigenvalue weighted by molar-refractivity contribution is 5.77. The number of amides is 1. The molecule has 2 fully saturated rings. The van der Waals surface area contributed by atoms with Gasteiger partial charge in [0, 0.05) is 31.6 Å². The average molecular weight is 239 g/mol. The maximum atomic E-state index is 11.8. The Balaban J connectivity index is 1.77. The van der Waals surface area contributed by atoms with Crippen molar-refractivity contribution in [1.82, 2.24) is 10.2 Å². The van der Waals surface area contributed by atoms with Gasteiger partial charge in [-0.25, -0.2) is 0 Å². The van der Waals surface area contributed by atoms with Gasteiger partial charge < -0.3 is 11.1 Å². The fourth-order valence-electron chi connectivity index (χ4n) is 2.62. The molecule has 17 heavy (non-hydrogen) atoms. The topological polar surface area (TPSA) is 58.4 Å². The van der Waals surface area contributed by atoms with E-state index in [1.54, 1.807) is 0 Å². The molecule has 1 saturated carbocycles. The Morgan fingerprint density at radius 1 is 1.47 bits per heavy atom. The number of nitrogens with zero attached hydrogens (tertiary/aromatic N) is 1. The van der Waals surface area contributed by atoms with Crippen molar-refractivity contribution in [2.24, 2.45) is 11.7 Å². The molecule has 2 aliphatic rings. The van der Waals surface area contributed by atoms with Crippen molar-refractivity contribution in [3.63, 3.8) is 0 Å². The largest absolute Gasteiger partial charge is 0.353 e. The summed E-state index contributed by atoms with van der Waals surface area (Å²) >= 11 is 0. The second kappa shape index (κ2) is 5.83. The average Bonchev–Trinajstić information content (AvgIpc) is 3.00. The molecular weight excluding hydrogens is 214 g/mol. The predicted molar refractivity (Wildman–Crippen MR) is 68.6 cm³/mol. The molecule has 2 atom stereocenters. The summed E-state index contributed by atoms with van der Waals surface area (Å²) in [6, 6.07) is 0.702. The lowest BCUT2D eigenvalue weighted by molar-refractivity contribution is -0.122. The smallest absolute Gasteiger partial charge is 0.221 e. The standard InChI is InChI=1S/C13H25N3O/c1-2-10-5-6-16(9-10)12(8-14)7-13(17)15-11-3-4-11/h10-12H,2-9,14H2,1H3,(H,15,17). The van der Waals surface area contributed by atoms with E-state index in [2.05, 4.69) is 17.1 Å². The van der Waals surface area contributed by atoms with Crippen LogP contribution in [0.5, 0.6) is 0 Å². The maximum absolute atomic E-state index is 11.8. The Hall–Kier alpha value is -0.610. The van der Waals surface area contributed by atoms with E-state index >= 15 is 0 Å². The van der Waals surface area contributed by atoms with Crippen molar-refractivity contribution in [3.05, 3.63) is 0 Å². The van der Waals surface area contributed by atoms with Gasteiger partial charge in [0.1, 0.15) is 0 Å². The van der Waals surface area contributed by atoms with E-state index in [1.807, 2.05) is 0 Å². The van der Waals surface area contributed by atoms with E-state index in [0.717, 1.165) is 31.8 Å². The molecule has 0 aromatic heterocycles. The minimum Gasteiger partial charge on any atom is -0.353 e. The zero-order valence-electron chi connectivity index (χ0n) is 10.8. The second-order valence-corrected chi connectivity index (χ2v) is 5.49. The van der Waals surface area contributed by atoms with Crippen LogP contribution in [-0.4, -0.2) is 42.5 Å². The zero-order chi connectivity index (χ0) is 12.3. The Morgan fingerprint density at radius 2 is 2.24 bits per heavy atom. The molecule has 3 N–H and O–H groups in total. The van der Waals surface area contributed by atoms with Gasteiger partial charge in [-0.3, -0.25) is 9.69 Å². The molecule has 0 radical (unpaired) electrons. The number of likely N-dealkylation sites (tertiary alicyclic amines) is 1. The van der Waals surface area contributed by atoms with Gasteiger partial charge in [-0.05, 0) is 31.7 Å². The summed E-state index contributed by atoms with van der Waals surface area (Å²) in [5.41, 5.74) is 5.81. The van der Waals surface area contributed by atoms with Crippen molar-refractivity contribution < 1.29 is 4.79 Å². The summed E-state index contributed by atoms with van der Waals surface area (Å²) in [7, 11) is 0. The molecular formula is C13H25N3O. The SMILES string of the molecule is CCC1CCN(C(CN)CC(=O)NC2CC2)C1. The lowest BCUT2D eigenvalue weighted by Crippen LogP contribution is -2.43. The van der Waals surface area contributed by atoms with Gasteiger partial charge in [0.05, 0.1) is 0 Å². The third-order valence-electron chi connectivity index (χ3n) is 4.05. The number of hydrogen-bond acceptors (Lipinski definition) is 3. The highest BCUT2D eigenvalue weighted by Gasteiger charge is 2.29. The minimum atomic E-state index is 0.183. The molecule has 0 bridgehead atoms. The van der Waals surface area contributed by atoms with Gasteiger partial charge in [-0.1, -0.05) is 13.3 Å². The molecule has 1 saturated heterocycles. The summed E-state index contributed by atoms with van der Waals surface area (Å²) in [5, 5.41) is 3.05. The van der Waals surface area contributed by atoms with Crippen LogP contribution in [0.4, 0.5) is 0 Å².